The van der Waals surface area contributed by atoms with Crippen LogP contribution in [0.1, 0.15) is 25.0 Å². The van der Waals surface area contributed by atoms with E-state index in [2.05, 4.69) is 20.5 Å². The number of hydrogen-bond donors (Lipinski definition) is 2. The molecule has 7 nitrogen and oxygen atoms in total. The number of anilines is 1. The van der Waals surface area contributed by atoms with Gasteiger partial charge in [0.25, 0.3) is 0 Å². The van der Waals surface area contributed by atoms with Gasteiger partial charge in [0.15, 0.2) is 5.13 Å². The van der Waals surface area contributed by atoms with Crippen LogP contribution < -0.4 is 15.5 Å². The largest absolute Gasteiger partial charge is 0.352 e. The van der Waals surface area contributed by atoms with Crippen LogP contribution in [0.5, 0.6) is 0 Å². The van der Waals surface area contributed by atoms with Crippen LogP contribution in [0.15, 0.2) is 5.38 Å². The van der Waals surface area contributed by atoms with E-state index in [1.54, 1.807) is 4.90 Å². The number of nitrogens with one attached hydrogen (secondary N) is 2. The first-order valence-electron chi connectivity index (χ1n) is 8.69. The van der Waals surface area contributed by atoms with Crippen molar-refractivity contribution in [3.63, 3.8) is 0 Å². The van der Waals surface area contributed by atoms with Gasteiger partial charge in [-0.05, 0) is 25.2 Å². The fourth-order valence-corrected chi connectivity index (χ4v) is 4.23. The summed E-state index contributed by atoms with van der Waals surface area (Å²) in [5.41, 5.74) is 0.736. The third-order valence-corrected chi connectivity index (χ3v) is 5.73. The predicted octanol–water partition coefficient (Wildman–Crippen LogP) is 0.816. The zero-order valence-electron chi connectivity index (χ0n) is 13.7. The lowest BCUT2D eigenvalue weighted by Crippen LogP contribution is -2.38. The Balaban J connectivity index is 1.25. The molecule has 2 N–H and O–H groups in total. The molecular weight excluding hydrogens is 326 g/mol. The Bertz CT molecular complexity index is 630. The van der Waals surface area contributed by atoms with Gasteiger partial charge >= 0.3 is 6.03 Å². The molecule has 3 amide bonds. The number of carbonyl (C=O) groups excluding carboxylic acids is 2. The summed E-state index contributed by atoms with van der Waals surface area (Å²) in [5.74, 6) is 0.923. The molecule has 1 aliphatic carbocycles. The van der Waals surface area contributed by atoms with Gasteiger partial charge in [0.05, 0.1) is 12.1 Å². The Morgan fingerprint density at radius 3 is 3.00 bits per heavy atom. The number of thiazole rings is 1. The first-order chi connectivity index (χ1) is 11.7. The lowest BCUT2D eigenvalue weighted by molar-refractivity contribution is -0.121. The smallest absolute Gasteiger partial charge is 0.323 e. The Morgan fingerprint density at radius 2 is 2.25 bits per heavy atom. The number of amides is 3. The average Bonchev–Trinajstić information content (AvgIpc) is 2.91. The first-order valence-corrected chi connectivity index (χ1v) is 9.57. The number of aromatic nitrogens is 1. The molecule has 1 unspecified atom stereocenters. The van der Waals surface area contributed by atoms with Crippen LogP contribution in [-0.4, -0.2) is 60.6 Å². The summed E-state index contributed by atoms with van der Waals surface area (Å²) >= 11 is 1.42. The highest BCUT2D eigenvalue weighted by Crippen LogP contribution is 2.30. The minimum absolute atomic E-state index is 0.0241. The van der Waals surface area contributed by atoms with Crippen molar-refractivity contribution < 1.29 is 9.59 Å². The van der Waals surface area contributed by atoms with Gasteiger partial charge in [0.1, 0.15) is 0 Å². The van der Waals surface area contributed by atoms with Crippen molar-refractivity contribution in [1.29, 1.82) is 0 Å². The summed E-state index contributed by atoms with van der Waals surface area (Å²) in [7, 11) is 0. The van der Waals surface area contributed by atoms with Gasteiger partial charge in [0.2, 0.25) is 5.91 Å². The molecule has 0 aromatic carbocycles. The minimum Gasteiger partial charge on any atom is -0.352 e. The Hall–Kier alpha value is -1.67. The summed E-state index contributed by atoms with van der Waals surface area (Å²) in [6.45, 7) is 4.54. The quantitative estimate of drug-likeness (QED) is 0.797. The molecule has 3 heterocycles. The van der Waals surface area contributed by atoms with E-state index in [0.717, 1.165) is 31.1 Å². The van der Waals surface area contributed by atoms with Crippen LogP contribution in [0.3, 0.4) is 0 Å². The topological polar surface area (TPSA) is 77.6 Å². The third-order valence-electron chi connectivity index (χ3n) is 4.82. The molecule has 0 bridgehead atoms. The van der Waals surface area contributed by atoms with Gasteiger partial charge in [0, 0.05) is 44.1 Å². The van der Waals surface area contributed by atoms with E-state index in [-0.39, 0.29) is 24.4 Å². The van der Waals surface area contributed by atoms with Crippen LogP contribution in [0.25, 0.3) is 0 Å². The summed E-state index contributed by atoms with van der Waals surface area (Å²) < 4.78 is 0. The number of nitrogens with zero attached hydrogens (tertiary/aromatic N) is 3. The van der Waals surface area contributed by atoms with Crippen LogP contribution in [0.2, 0.25) is 0 Å². The standard InChI is InChI=1S/C16H23N5O2S/c22-14(18-12-3-5-20(9-12)8-11-1-2-11)7-13-10-24-16(19-13)21-6-4-17-15(21)23/h10-12H,1-9H2,(H,17,23)(H,18,22). The second-order valence-corrected chi connectivity index (χ2v) is 7.77. The Kier molecular flexibility index (Phi) is 4.41. The van der Waals surface area contributed by atoms with Gasteiger partial charge in [-0.3, -0.25) is 9.69 Å². The molecule has 2 saturated heterocycles. The third kappa shape index (κ3) is 3.70. The van der Waals surface area contributed by atoms with Crippen molar-refractivity contribution in [2.75, 3.05) is 37.6 Å². The molecule has 0 radical (unpaired) electrons. The normalized spacial score (nSPS) is 24.4. The van der Waals surface area contributed by atoms with Crippen molar-refractivity contribution in [2.24, 2.45) is 5.92 Å². The van der Waals surface area contributed by atoms with Gasteiger partial charge in [-0.25, -0.2) is 9.78 Å². The zero-order valence-corrected chi connectivity index (χ0v) is 14.5. The fraction of sp³-hybridized carbons (Fsp3) is 0.688. The molecule has 0 spiro atoms. The number of urea groups is 1. The van der Waals surface area contributed by atoms with Crippen LogP contribution >= 0.6 is 11.3 Å². The van der Waals surface area contributed by atoms with E-state index >= 15 is 0 Å². The highest BCUT2D eigenvalue weighted by atomic mass is 32.1. The maximum atomic E-state index is 12.2. The van der Waals surface area contributed by atoms with E-state index in [1.807, 2.05) is 5.38 Å². The minimum atomic E-state index is -0.109. The van der Waals surface area contributed by atoms with Crippen molar-refractivity contribution in [3.05, 3.63) is 11.1 Å². The van der Waals surface area contributed by atoms with E-state index in [9.17, 15) is 9.59 Å². The number of carbonyl (C=O) groups is 2. The molecule has 4 rings (SSSR count). The van der Waals surface area contributed by atoms with E-state index in [0.29, 0.717) is 18.2 Å². The molecule has 1 atom stereocenters. The van der Waals surface area contributed by atoms with Gasteiger partial charge < -0.3 is 15.5 Å². The molecule has 1 saturated carbocycles. The second kappa shape index (κ2) is 6.68. The highest BCUT2D eigenvalue weighted by molar-refractivity contribution is 7.14. The van der Waals surface area contributed by atoms with Crippen LogP contribution in [0.4, 0.5) is 9.93 Å². The number of likely N-dealkylation sites (tertiary alicyclic amines) is 1. The predicted molar refractivity (Wildman–Crippen MR) is 92.3 cm³/mol. The Morgan fingerprint density at radius 1 is 1.38 bits per heavy atom. The monoisotopic (exact) mass is 349 g/mol. The van der Waals surface area contributed by atoms with Gasteiger partial charge in [-0.1, -0.05) is 0 Å². The maximum Gasteiger partial charge on any atom is 0.323 e. The summed E-state index contributed by atoms with van der Waals surface area (Å²) in [6, 6.07) is 0.153. The molecule has 2 aliphatic heterocycles. The van der Waals surface area contributed by atoms with E-state index in [1.165, 1.54) is 30.7 Å². The van der Waals surface area contributed by atoms with Crippen molar-refractivity contribution in [3.8, 4) is 0 Å². The number of hydrogen-bond acceptors (Lipinski definition) is 5. The fourth-order valence-electron chi connectivity index (χ4n) is 3.38. The lowest BCUT2D eigenvalue weighted by atomic mass is 10.2. The van der Waals surface area contributed by atoms with Crippen molar-refractivity contribution in [2.45, 2.75) is 31.7 Å². The second-order valence-electron chi connectivity index (χ2n) is 6.94. The van der Waals surface area contributed by atoms with Gasteiger partial charge in [-0.2, -0.15) is 0 Å². The molecule has 130 valence electrons. The molecule has 3 fully saturated rings. The molecular formula is C16H23N5O2S. The Labute approximate surface area is 145 Å². The van der Waals surface area contributed by atoms with E-state index in [4.69, 9.17) is 0 Å². The maximum absolute atomic E-state index is 12.2. The highest BCUT2D eigenvalue weighted by Gasteiger charge is 2.30. The summed E-state index contributed by atoms with van der Waals surface area (Å²) in [4.78, 5) is 32.4. The first kappa shape index (κ1) is 15.8. The lowest BCUT2D eigenvalue weighted by Gasteiger charge is -2.16. The zero-order chi connectivity index (χ0) is 16.5. The summed E-state index contributed by atoms with van der Waals surface area (Å²) in [5, 5.41) is 8.43. The molecule has 1 aromatic heterocycles. The molecule has 8 heteroatoms. The van der Waals surface area contributed by atoms with Crippen molar-refractivity contribution in [1.82, 2.24) is 20.5 Å². The molecule has 3 aliphatic rings. The molecule has 24 heavy (non-hydrogen) atoms. The summed E-state index contributed by atoms with van der Waals surface area (Å²) in [6.07, 6.45) is 4.06. The van der Waals surface area contributed by atoms with Gasteiger partial charge in [-0.15, -0.1) is 11.3 Å². The average molecular weight is 349 g/mol. The SMILES string of the molecule is O=C(Cc1csc(N2CCNC2=O)n1)NC1CCN(CC2CC2)C1. The van der Waals surface area contributed by atoms with E-state index < -0.39 is 0 Å². The van der Waals surface area contributed by atoms with Crippen LogP contribution in [0, 0.1) is 5.92 Å². The van der Waals surface area contributed by atoms with Crippen LogP contribution in [-0.2, 0) is 11.2 Å². The molecule has 1 aromatic rings. The number of rotatable bonds is 6. The van der Waals surface area contributed by atoms with Crippen molar-refractivity contribution >= 4 is 28.4 Å².